The zero-order chi connectivity index (χ0) is 29.7. The Morgan fingerprint density at radius 1 is 0.975 bits per heavy atom. The standard InChI is InChI=1S/C31H35N3O6/c1-30(2,3)25-16-21(17-26(28(25)36)31(4,5)6)12-15-27(35)33-32-19-20-10-13-24(14-11-20)40-29(37)22-8-7-9-23(18-22)34(38)39/h7-11,13-14,16-19,36H,12,15H2,1-6H3,(H,33,35)/b32-19-. The second kappa shape index (κ2) is 12.1. The van der Waals surface area contributed by atoms with Gasteiger partial charge < -0.3 is 9.84 Å². The summed E-state index contributed by atoms with van der Waals surface area (Å²) in [6, 6.07) is 15.7. The van der Waals surface area contributed by atoms with Crippen molar-refractivity contribution in [3.8, 4) is 11.5 Å². The number of ether oxygens (including phenoxy) is 1. The number of nitrogens with one attached hydrogen (secondary N) is 1. The van der Waals surface area contributed by atoms with Gasteiger partial charge in [0.1, 0.15) is 11.5 Å². The highest BCUT2D eigenvalue weighted by atomic mass is 16.6. The van der Waals surface area contributed by atoms with Crippen LogP contribution in [0.5, 0.6) is 11.5 Å². The summed E-state index contributed by atoms with van der Waals surface area (Å²) in [7, 11) is 0. The molecule has 0 aliphatic carbocycles. The summed E-state index contributed by atoms with van der Waals surface area (Å²) < 4.78 is 5.28. The van der Waals surface area contributed by atoms with Crippen LogP contribution in [-0.4, -0.2) is 28.1 Å². The van der Waals surface area contributed by atoms with E-state index in [2.05, 4.69) is 10.5 Å². The van der Waals surface area contributed by atoms with Crippen molar-refractivity contribution < 1.29 is 24.4 Å². The molecule has 0 bridgehead atoms. The van der Waals surface area contributed by atoms with Crippen molar-refractivity contribution in [3.63, 3.8) is 0 Å². The van der Waals surface area contributed by atoms with E-state index in [0.717, 1.165) is 22.8 Å². The first kappa shape index (κ1) is 30.0. The van der Waals surface area contributed by atoms with E-state index in [4.69, 9.17) is 4.74 Å². The molecule has 3 aromatic carbocycles. The van der Waals surface area contributed by atoms with Crippen LogP contribution < -0.4 is 10.2 Å². The summed E-state index contributed by atoms with van der Waals surface area (Å²) in [6.45, 7) is 12.3. The monoisotopic (exact) mass is 545 g/mol. The first-order valence-corrected chi connectivity index (χ1v) is 12.9. The third kappa shape index (κ3) is 7.99. The molecular weight excluding hydrogens is 510 g/mol. The number of non-ortho nitro benzene ring substituents is 1. The number of phenols is 1. The second-order valence-corrected chi connectivity index (χ2v) is 11.6. The molecule has 0 aliphatic rings. The van der Waals surface area contributed by atoms with Gasteiger partial charge in [0.15, 0.2) is 0 Å². The minimum atomic E-state index is -0.713. The first-order chi connectivity index (χ1) is 18.6. The number of benzene rings is 3. The highest BCUT2D eigenvalue weighted by molar-refractivity contribution is 5.92. The number of hydrazone groups is 1. The summed E-state index contributed by atoms with van der Waals surface area (Å²) >= 11 is 0. The number of phenolic OH excluding ortho intramolecular Hbond substituents is 1. The average Bonchev–Trinajstić information content (AvgIpc) is 2.87. The van der Waals surface area contributed by atoms with E-state index in [0.29, 0.717) is 17.7 Å². The number of aryl methyl sites for hydroxylation is 1. The fourth-order valence-electron chi connectivity index (χ4n) is 4.01. The van der Waals surface area contributed by atoms with E-state index in [1.807, 2.05) is 53.7 Å². The molecule has 0 atom stereocenters. The maximum absolute atomic E-state index is 12.4. The van der Waals surface area contributed by atoms with Gasteiger partial charge in [-0.05, 0) is 69.8 Å². The number of hydrogen-bond donors (Lipinski definition) is 2. The Bertz CT molecular complexity index is 1400. The number of nitro benzene ring substituents is 1. The van der Waals surface area contributed by atoms with Gasteiger partial charge in [0.2, 0.25) is 5.91 Å². The molecular formula is C31H35N3O6. The number of nitrogens with zero attached hydrogens (tertiary/aromatic N) is 2. The summed E-state index contributed by atoms with van der Waals surface area (Å²) in [5, 5.41) is 25.8. The minimum Gasteiger partial charge on any atom is -0.507 e. The number of carbonyl (C=O) groups excluding carboxylic acids is 2. The molecule has 0 unspecified atom stereocenters. The Morgan fingerprint density at radius 2 is 1.57 bits per heavy atom. The Balaban J connectivity index is 1.57. The van der Waals surface area contributed by atoms with Gasteiger partial charge in [-0.2, -0.15) is 5.10 Å². The Labute approximate surface area is 234 Å². The van der Waals surface area contributed by atoms with Gasteiger partial charge in [-0.3, -0.25) is 14.9 Å². The van der Waals surface area contributed by atoms with Crippen molar-refractivity contribution in [2.45, 2.75) is 65.2 Å². The van der Waals surface area contributed by atoms with Crippen LogP contribution in [0.15, 0.2) is 65.8 Å². The third-order valence-corrected chi connectivity index (χ3v) is 6.21. The van der Waals surface area contributed by atoms with Gasteiger partial charge in [-0.15, -0.1) is 0 Å². The molecule has 210 valence electrons. The predicted molar refractivity (Wildman–Crippen MR) is 154 cm³/mol. The number of rotatable bonds is 8. The van der Waals surface area contributed by atoms with Crippen LogP contribution in [0, 0.1) is 10.1 Å². The molecule has 1 amide bonds. The van der Waals surface area contributed by atoms with Crippen LogP contribution in [0.4, 0.5) is 5.69 Å². The van der Waals surface area contributed by atoms with E-state index in [-0.39, 0.29) is 40.2 Å². The van der Waals surface area contributed by atoms with Gasteiger partial charge in [0.05, 0.1) is 16.7 Å². The van der Waals surface area contributed by atoms with Gasteiger partial charge in [-0.25, -0.2) is 10.2 Å². The van der Waals surface area contributed by atoms with E-state index in [1.54, 1.807) is 24.3 Å². The van der Waals surface area contributed by atoms with Crippen LogP contribution in [-0.2, 0) is 22.0 Å². The quantitative estimate of drug-likeness (QED) is 0.114. The lowest BCUT2D eigenvalue weighted by atomic mass is 9.78. The van der Waals surface area contributed by atoms with Crippen molar-refractivity contribution in [1.82, 2.24) is 5.43 Å². The van der Waals surface area contributed by atoms with E-state index in [9.17, 15) is 24.8 Å². The Hall–Kier alpha value is -4.53. The molecule has 9 nitrogen and oxygen atoms in total. The SMILES string of the molecule is CC(C)(C)c1cc(CCC(=O)N/N=C\c2ccc(OC(=O)c3cccc([N+](=O)[O-])c3)cc2)cc(C(C)(C)C)c1O. The molecule has 0 saturated carbocycles. The Morgan fingerprint density at radius 3 is 2.12 bits per heavy atom. The van der Waals surface area contributed by atoms with Crippen molar-refractivity contribution in [2.24, 2.45) is 5.10 Å². The first-order valence-electron chi connectivity index (χ1n) is 12.9. The summed E-state index contributed by atoms with van der Waals surface area (Å²) in [5.74, 6) is -0.393. The molecule has 0 heterocycles. The van der Waals surface area contributed by atoms with Crippen LogP contribution in [0.2, 0.25) is 0 Å². The van der Waals surface area contributed by atoms with E-state index >= 15 is 0 Å². The van der Waals surface area contributed by atoms with Crippen LogP contribution >= 0.6 is 0 Å². The molecule has 0 aliphatic heterocycles. The molecule has 2 N–H and O–H groups in total. The number of nitro groups is 1. The number of amides is 1. The van der Waals surface area contributed by atoms with Gasteiger partial charge in [-0.1, -0.05) is 59.7 Å². The molecule has 9 heteroatoms. The lowest BCUT2D eigenvalue weighted by Gasteiger charge is -2.28. The lowest BCUT2D eigenvalue weighted by Crippen LogP contribution is -2.20. The largest absolute Gasteiger partial charge is 0.507 e. The predicted octanol–water partition coefficient (Wildman–Crippen LogP) is 6.20. The molecule has 0 radical (unpaired) electrons. The van der Waals surface area contributed by atoms with Crippen LogP contribution in [0.3, 0.4) is 0 Å². The zero-order valence-electron chi connectivity index (χ0n) is 23.6. The maximum Gasteiger partial charge on any atom is 0.343 e. The van der Waals surface area contributed by atoms with Gasteiger partial charge in [0, 0.05) is 18.6 Å². The highest BCUT2D eigenvalue weighted by Crippen LogP contribution is 2.40. The summed E-state index contributed by atoms with van der Waals surface area (Å²) in [4.78, 5) is 35.1. The lowest BCUT2D eigenvalue weighted by molar-refractivity contribution is -0.384. The normalized spacial score (nSPS) is 11.8. The zero-order valence-corrected chi connectivity index (χ0v) is 23.6. The number of hydrogen-bond acceptors (Lipinski definition) is 7. The third-order valence-electron chi connectivity index (χ3n) is 6.21. The Kier molecular flexibility index (Phi) is 9.09. The molecule has 0 spiro atoms. The molecule has 3 aromatic rings. The molecule has 0 saturated heterocycles. The number of esters is 1. The van der Waals surface area contributed by atoms with Gasteiger partial charge in [0.25, 0.3) is 5.69 Å². The fourth-order valence-corrected chi connectivity index (χ4v) is 4.01. The molecule has 3 rings (SSSR count). The average molecular weight is 546 g/mol. The minimum absolute atomic E-state index is 0.0686. The second-order valence-electron chi connectivity index (χ2n) is 11.6. The van der Waals surface area contributed by atoms with E-state index in [1.165, 1.54) is 24.4 Å². The van der Waals surface area contributed by atoms with Crippen LogP contribution in [0.1, 0.15) is 80.6 Å². The smallest absolute Gasteiger partial charge is 0.343 e. The molecule has 0 fully saturated rings. The van der Waals surface area contributed by atoms with Crippen molar-refractivity contribution in [3.05, 3.63) is 98.6 Å². The maximum atomic E-state index is 12.4. The summed E-state index contributed by atoms with van der Waals surface area (Å²) in [6.07, 6.45) is 2.19. The van der Waals surface area contributed by atoms with Crippen molar-refractivity contribution in [1.29, 1.82) is 0 Å². The van der Waals surface area contributed by atoms with Crippen molar-refractivity contribution >= 4 is 23.8 Å². The fraction of sp³-hybridized carbons (Fsp3) is 0.323. The summed E-state index contributed by atoms with van der Waals surface area (Å²) in [5.41, 5.74) is 5.25. The van der Waals surface area contributed by atoms with E-state index < -0.39 is 10.9 Å². The number of carbonyl (C=O) groups is 2. The van der Waals surface area contributed by atoms with Crippen LogP contribution in [0.25, 0.3) is 0 Å². The molecule has 40 heavy (non-hydrogen) atoms. The molecule has 0 aromatic heterocycles. The number of aromatic hydroxyl groups is 1. The van der Waals surface area contributed by atoms with Crippen molar-refractivity contribution in [2.75, 3.05) is 0 Å². The van der Waals surface area contributed by atoms with Gasteiger partial charge >= 0.3 is 5.97 Å². The highest BCUT2D eigenvalue weighted by Gasteiger charge is 2.26. The topological polar surface area (TPSA) is 131 Å².